The molecule has 4 nitrogen and oxygen atoms in total. The fourth-order valence-corrected chi connectivity index (χ4v) is 5.89. The highest BCUT2D eigenvalue weighted by molar-refractivity contribution is 7.10. The summed E-state index contributed by atoms with van der Waals surface area (Å²) in [4.78, 5) is 17.3. The van der Waals surface area contributed by atoms with E-state index >= 15 is 0 Å². The zero-order valence-electron chi connectivity index (χ0n) is 15.6. The van der Waals surface area contributed by atoms with Gasteiger partial charge in [0.05, 0.1) is 32.7 Å². The summed E-state index contributed by atoms with van der Waals surface area (Å²) in [5.74, 6) is 0.518. The maximum atomic E-state index is 13.1. The van der Waals surface area contributed by atoms with E-state index in [0.717, 1.165) is 30.4 Å². The molecular weight excluding hydrogens is 376 g/mol. The van der Waals surface area contributed by atoms with Crippen LogP contribution in [0.25, 0.3) is 0 Å². The molecule has 0 aliphatic carbocycles. The second-order valence-electron chi connectivity index (χ2n) is 7.72. The summed E-state index contributed by atoms with van der Waals surface area (Å²) >= 11 is 3.37. The van der Waals surface area contributed by atoms with Gasteiger partial charge < -0.3 is 9.22 Å². The van der Waals surface area contributed by atoms with E-state index in [-0.39, 0.29) is 12.2 Å². The number of hydrogen-bond acceptors (Lipinski definition) is 4. The van der Waals surface area contributed by atoms with Gasteiger partial charge in [0.15, 0.2) is 6.10 Å². The summed E-state index contributed by atoms with van der Waals surface area (Å²) in [6, 6.07) is 8.23. The minimum Gasteiger partial charge on any atom is -0.440 e. The number of nitrogens with zero attached hydrogens (tertiary/aromatic N) is 2. The predicted molar refractivity (Wildman–Crippen MR) is 111 cm³/mol. The summed E-state index contributed by atoms with van der Waals surface area (Å²) in [6.45, 7) is 9.46. The number of carbonyl (C=O) groups is 1. The number of fused-ring (bicyclic) bond motifs is 3. The van der Waals surface area contributed by atoms with Crippen LogP contribution in [-0.2, 0) is 17.8 Å². The van der Waals surface area contributed by atoms with Crippen molar-refractivity contribution in [3.8, 4) is 0 Å². The molecule has 3 aliphatic rings. The highest BCUT2D eigenvalue weighted by atomic mass is 32.1. The van der Waals surface area contributed by atoms with Crippen LogP contribution < -0.4 is 0 Å². The number of carbonyl (C=O) groups excluding carboxylic acids is 1. The van der Waals surface area contributed by atoms with Gasteiger partial charge in [-0.05, 0) is 29.0 Å². The summed E-state index contributed by atoms with van der Waals surface area (Å²) in [6.07, 6.45) is 4.19. The molecule has 144 valence electrons. The van der Waals surface area contributed by atoms with E-state index in [1.54, 1.807) is 22.7 Å². The van der Waals surface area contributed by atoms with Gasteiger partial charge >= 0.3 is 6.09 Å². The van der Waals surface area contributed by atoms with Gasteiger partial charge in [0.1, 0.15) is 6.54 Å². The van der Waals surface area contributed by atoms with Crippen molar-refractivity contribution in [2.24, 2.45) is 5.92 Å². The van der Waals surface area contributed by atoms with E-state index in [1.165, 1.54) is 22.8 Å². The van der Waals surface area contributed by atoms with E-state index in [1.807, 2.05) is 23.1 Å². The van der Waals surface area contributed by atoms with Crippen molar-refractivity contribution in [1.82, 2.24) is 4.90 Å². The molecule has 3 fully saturated rings. The van der Waals surface area contributed by atoms with E-state index in [4.69, 9.17) is 4.74 Å². The molecule has 1 amide bonds. The average Bonchev–Trinajstić information content (AvgIpc) is 3.36. The molecule has 0 radical (unpaired) electrons. The van der Waals surface area contributed by atoms with Gasteiger partial charge in [-0.2, -0.15) is 0 Å². The van der Waals surface area contributed by atoms with Crippen molar-refractivity contribution in [2.45, 2.75) is 32.0 Å². The molecule has 2 aromatic heterocycles. The highest BCUT2D eigenvalue weighted by Crippen LogP contribution is 2.36. The van der Waals surface area contributed by atoms with Crippen LogP contribution in [0.2, 0.25) is 0 Å². The fraction of sp³-hybridized carbons (Fsp3) is 0.476. The van der Waals surface area contributed by atoms with Gasteiger partial charge in [0.25, 0.3) is 0 Å². The Hall–Kier alpha value is -1.63. The van der Waals surface area contributed by atoms with Crippen LogP contribution in [0.5, 0.6) is 0 Å². The summed E-state index contributed by atoms with van der Waals surface area (Å²) in [5, 5.41) is 4.11. The third kappa shape index (κ3) is 4.28. The Morgan fingerprint density at radius 3 is 2.33 bits per heavy atom. The Labute approximate surface area is 169 Å². The number of quaternary nitrogens is 1. The molecule has 2 aromatic rings. The van der Waals surface area contributed by atoms with Gasteiger partial charge in [-0.25, -0.2) is 4.79 Å². The Morgan fingerprint density at radius 2 is 1.81 bits per heavy atom. The van der Waals surface area contributed by atoms with Crippen LogP contribution in [-0.4, -0.2) is 47.8 Å². The molecule has 0 saturated carbocycles. The van der Waals surface area contributed by atoms with Crippen LogP contribution in [0.3, 0.4) is 0 Å². The van der Waals surface area contributed by atoms with Gasteiger partial charge in [0.2, 0.25) is 0 Å². The van der Waals surface area contributed by atoms with Crippen LogP contribution in [0.1, 0.15) is 22.6 Å². The zero-order valence-corrected chi connectivity index (χ0v) is 17.2. The molecule has 2 bridgehead atoms. The highest BCUT2D eigenvalue weighted by Gasteiger charge is 2.47. The lowest BCUT2D eigenvalue weighted by Crippen LogP contribution is -2.64. The second kappa shape index (κ2) is 8.17. The molecule has 0 aromatic carbocycles. The van der Waals surface area contributed by atoms with Crippen molar-refractivity contribution < 1.29 is 14.0 Å². The number of amides is 1. The lowest BCUT2D eigenvalue weighted by Gasteiger charge is -2.51. The molecule has 3 saturated heterocycles. The van der Waals surface area contributed by atoms with Gasteiger partial charge in [-0.1, -0.05) is 18.7 Å². The number of hydrogen-bond donors (Lipinski definition) is 0. The molecule has 27 heavy (non-hydrogen) atoms. The molecule has 3 aliphatic heterocycles. The zero-order chi connectivity index (χ0) is 18.7. The van der Waals surface area contributed by atoms with Crippen LogP contribution in [0, 0.1) is 5.92 Å². The number of piperidine rings is 3. The number of ether oxygens (including phenoxy) is 1. The first-order valence-electron chi connectivity index (χ1n) is 9.64. The first-order chi connectivity index (χ1) is 13.2. The molecular formula is C21H27N2O2S2+. The topological polar surface area (TPSA) is 29.5 Å². The maximum Gasteiger partial charge on any atom is 0.410 e. The Morgan fingerprint density at radius 1 is 1.19 bits per heavy atom. The molecule has 0 unspecified atom stereocenters. The lowest BCUT2D eigenvalue weighted by atomic mass is 9.83. The van der Waals surface area contributed by atoms with Crippen molar-refractivity contribution in [3.63, 3.8) is 0 Å². The van der Waals surface area contributed by atoms with Crippen molar-refractivity contribution in [1.29, 1.82) is 0 Å². The predicted octanol–water partition coefficient (Wildman–Crippen LogP) is 4.74. The summed E-state index contributed by atoms with van der Waals surface area (Å²) in [7, 11) is 0. The molecule has 5 heterocycles. The SMILES string of the molecule is C=CC[N+]12CCC(CC1)[C@@H](OC(=O)N(Cc1cccs1)Cc1cccs1)C2. The maximum absolute atomic E-state index is 13.1. The Balaban J connectivity index is 1.45. The van der Waals surface area contributed by atoms with E-state index in [2.05, 4.69) is 29.5 Å². The second-order valence-corrected chi connectivity index (χ2v) is 9.78. The fourth-order valence-electron chi connectivity index (χ4n) is 4.46. The molecule has 6 heteroatoms. The van der Waals surface area contributed by atoms with E-state index < -0.39 is 0 Å². The lowest BCUT2D eigenvalue weighted by molar-refractivity contribution is -0.941. The first-order valence-corrected chi connectivity index (χ1v) is 11.4. The Kier molecular flexibility index (Phi) is 5.66. The van der Waals surface area contributed by atoms with Crippen LogP contribution in [0.15, 0.2) is 47.7 Å². The molecule has 0 spiro atoms. The largest absolute Gasteiger partial charge is 0.440 e. The standard InChI is InChI=1S/C21H27N2O2S2/c1-2-9-23-10-7-17(8-11-23)20(16-23)25-21(24)22(14-18-5-3-12-26-18)15-19-6-4-13-27-19/h2-6,12-13,17,20H,1,7-11,14-16H2/q+1/t17?,20-,23?/m0/s1. The molecule has 5 rings (SSSR count). The third-order valence-electron chi connectivity index (χ3n) is 5.92. The molecule has 0 N–H and O–H groups in total. The average molecular weight is 404 g/mol. The minimum absolute atomic E-state index is 0.0362. The smallest absolute Gasteiger partial charge is 0.410 e. The first kappa shape index (κ1) is 18.7. The summed E-state index contributed by atoms with van der Waals surface area (Å²) in [5.41, 5.74) is 0. The van der Waals surface area contributed by atoms with Crippen molar-refractivity contribution in [3.05, 3.63) is 57.4 Å². The van der Waals surface area contributed by atoms with Gasteiger partial charge in [0, 0.05) is 28.5 Å². The molecule has 1 atom stereocenters. The van der Waals surface area contributed by atoms with Crippen LogP contribution in [0.4, 0.5) is 4.79 Å². The monoisotopic (exact) mass is 403 g/mol. The van der Waals surface area contributed by atoms with Crippen molar-refractivity contribution in [2.75, 3.05) is 26.2 Å². The number of rotatable bonds is 7. The Bertz CT molecular complexity index is 713. The van der Waals surface area contributed by atoms with E-state index in [0.29, 0.717) is 19.0 Å². The van der Waals surface area contributed by atoms with Gasteiger partial charge in [-0.3, -0.25) is 4.90 Å². The van der Waals surface area contributed by atoms with Crippen molar-refractivity contribution >= 4 is 28.8 Å². The van der Waals surface area contributed by atoms with Crippen LogP contribution >= 0.6 is 22.7 Å². The van der Waals surface area contributed by atoms with Gasteiger partial charge in [-0.15, -0.1) is 22.7 Å². The van der Waals surface area contributed by atoms with E-state index in [9.17, 15) is 4.79 Å². The normalized spacial score (nSPS) is 26.7. The third-order valence-corrected chi connectivity index (χ3v) is 7.64. The summed E-state index contributed by atoms with van der Waals surface area (Å²) < 4.78 is 7.14. The quantitative estimate of drug-likeness (QED) is 0.493. The minimum atomic E-state index is -0.174. The number of thiophene rings is 2.